The van der Waals surface area contributed by atoms with E-state index in [1.54, 1.807) is 13.0 Å². The van der Waals surface area contributed by atoms with E-state index < -0.39 is 11.5 Å². The lowest BCUT2D eigenvalue weighted by Gasteiger charge is -2.10. The zero-order chi connectivity index (χ0) is 17.1. The number of aromatic amines is 1. The molecule has 3 aromatic rings. The third kappa shape index (κ3) is 3.33. The number of carbonyl (C=O) groups is 1. The van der Waals surface area contributed by atoms with Crippen molar-refractivity contribution in [2.75, 3.05) is 5.73 Å². The van der Waals surface area contributed by atoms with Gasteiger partial charge in [-0.3, -0.25) is 9.59 Å². The molecule has 2 aromatic heterocycles. The van der Waals surface area contributed by atoms with E-state index in [2.05, 4.69) is 20.5 Å². The maximum atomic E-state index is 12.3. The van der Waals surface area contributed by atoms with Crippen LogP contribution in [0.3, 0.4) is 0 Å². The van der Waals surface area contributed by atoms with Gasteiger partial charge in [0, 0.05) is 5.69 Å². The summed E-state index contributed by atoms with van der Waals surface area (Å²) in [4.78, 5) is 27.2. The molecule has 1 amide bonds. The number of amides is 1. The first kappa shape index (κ1) is 15.9. The first-order chi connectivity index (χ1) is 11.5. The number of carbonyl (C=O) groups excluding carboxylic acids is 1. The van der Waals surface area contributed by atoms with E-state index in [9.17, 15) is 9.59 Å². The molecular formula is C16H15N5O2S. The SMILES string of the molecule is CC(NC(=O)c1ccc(-c2ccccc2)[nH]c1=O)c1nnc(N)s1. The van der Waals surface area contributed by atoms with E-state index in [0.29, 0.717) is 15.8 Å². The average molecular weight is 341 g/mol. The Labute approximate surface area is 141 Å². The summed E-state index contributed by atoms with van der Waals surface area (Å²) < 4.78 is 0. The van der Waals surface area contributed by atoms with Gasteiger partial charge >= 0.3 is 0 Å². The number of anilines is 1. The highest BCUT2D eigenvalue weighted by molar-refractivity contribution is 7.15. The van der Waals surface area contributed by atoms with E-state index in [1.807, 2.05) is 30.3 Å². The number of hydrogen-bond donors (Lipinski definition) is 3. The highest BCUT2D eigenvalue weighted by Crippen LogP contribution is 2.19. The maximum Gasteiger partial charge on any atom is 0.261 e. The minimum Gasteiger partial charge on any atom is -0.374 e. The Morgan fingerprint density at radius 3 is 2.58 bits per heavy atom. The maximum absolute atomic E-state index is 12.3. The van der Waals surface area contributed by atoms with Crippen LogP contribution in [0.25, 0.3) is 11.3 Å². The third-order valence-corrected chi connectivity index (χ3v) is 4.35. The number of aromatic nitrogens is 3. The van der Waals surface area contributed by atoms with Crippen LogP contribution in [0.2, 0.25) is 0 Å². The van der Waals surface area contributed by atoms with Crippen molar-refractivity contribution in [3.8, 4) is 11.3 Å². The van der Waals surface area contributed by atoms with Gasteiger partial charge in [-0.25, -0.2) is 0 Å². The molecule has 3 rings (SSSR count). The molecule has 0 aliphatic carbocycles. The molecule has 122 valence electrons. The van der Waals surface area contributed by atoms with E-state index in [0.717, 1.165) is 5.56 Å². The smallest absolute Gasteiger partial charge is 0.261 e. The van der Waals surface area contributed by atoms with Gasteiger partial charge in [-0.2, -0.15) is 0 Å². The minimum atomic E-state index is -0.475. The molecule has 2 heterocycles. The summed E-state index contributed by atoms with van der Waals surface area (Å²) in [6.45, 7) is 1.75. The highest BCUT2D eigenvalue weighted by atomic mass is 32.1. The molecule has 8 heteroatoms. The number of benzene rings is 1. The second kappa shape index (κ2) is 6.63. The van der Waals surface area contributed by atoms with Crippen LogP contribution in [0.4, 0.5) is 5.13 Å². The Morgan fingerprint density at radius 1 is 1.21 bits per heavy atom. The summed E-state index contributed by atoms with van der Waals surface area (Å²) in [7, 11) is 0. The van der Waals surface area contributed by atoms with Gasteiger partial charge in [-0.1, -0.05) is 41.7 Å². The summed E-state index contributed by atoms with van der Waals surface area (Å²) in [6.07, 6.45) is 0. The zero-order valence-corrected chi connectivity index (χ0v) is 13.6. The van der Waals surface area contributed by atoms with Crippen LogP contribution in [-0.4, -0.2) is 21.1 Å². The number of hydrogen-bond acceptors (Lipinski definition) is 6. The second-order valence-electron chi connectivity index (χ2n) is 5.15. The molecule has 24 heavy (non-hydrogen) atoms. The van der Waals surface area contributed by atoms with Gasteiger partial charge in [-0.05, 0) is 24.6 Å². The van der Waals surface area contributed by atoms with Crippen LogP contribution < -0.4 is 16.6 Å². The van der Waals surface area contributed by atoms with Gasteiger partial charge in [0.25, 0.3) is 11.5 Å². The summed E-state index contributed by atoms with van der Waals surface area (Å²) >= 11 is 1.19. The third-order valence-electron chi connectivity index (χ3n) is 3.41. The van der Waals surface area contributed by atoms with Gasteiger partial charge in [0.05, 0.1) is 6.04 Å². The largest absolute Gasteiger partial charge is 0.374 e. The van der Waals surface area contributed by atoms with Crippen LogP contribution >= 0.6 is 11.3 Å². The quantitative estimate of drug-likeness (QED) is 0.671. The summed E-state index contributed by atoms with van der Waals surface area (Å²) in [5, 5.41) is 11.2. The lowest BCUT2D eigenvalue weighted by Crippen LogP contribution is -2.31. The molecule has 0 saturated carbocycles. The van der Waals surface area contributed by atoms with Gasteiger partial charge in [0.1, 0.15) is 10.6 Å². The molecule has 0 bridgehead atoms. The standard InChI is InChI=1S/C16H15N5O2S/c1-9(15-20-21-16(17)24-15)18-13(22)11-7-8-12(19-14(11)23)10-5-3-2-4-6-10/h2-9H,1H3,(H2,17,21)(H,18,22)(H,19,23). The van der Waals surface area contributed by atoms with Crippen molar-refractivity contribution >= 4 is 22.4 Å². The van der Waals surface area contributed by atoms with Crippen molar-refractivity contribution < 1.29 is 4.79 Å². The van der Waals surface area contributed by atoms with Crippen LogP contribution in [0.5, 0.6) is 0 Å². The highest BCUT2D eigenvalue weighted by Gasteiger charge is 2.17. The van der Waals surface area contributed by atoms with E-state index in [1.165, 1.54) is 17.4 Å². The van der Waals surface area contributed by atoms with E-state index in [-0.39, 0.29) is 11.6 Å². The lowest BCUT2D eigenvalue weighted by molar-refractivity contribution is 0.0938. The molecule has 1 atom stereocenters. The van der Waals surface area contributed by atoms with Crippen molar-refractivity contribution in [1.29, 1.82) is 0 Å². The normalized spacial score (nSPS) is 11.9. The number of nitrogens with two attached hydrogens (primary N) is 1. The van der Waals surface area contributed by atoms with Crippen molar-refractivity contribution in [3.63, 3.8) is 0 Å². The van der Waals surface area contributed by atoms with Gasteiger partial charge < -0.3 is 16.0 Å². The first-order valence-corrected chi connectivity index (χ1v) is 8.04. The monoisotopic (exact) mass is 341 g/mol. The Balaban J connectivity index is 1.79. The van der Waals surface area contributed by atoms with Crippen molar-refractivity contribution in [2.24, 2.45) is 0 Å². The number of nitrogens with one attached hydrogen (secondary N) is 2. The van der Waals surface area contributed by atoms with Crippen LogP contribution in [0, 0.1) is 0 Å². The molecule has 7 nitrogen and oxygen atoms in total. The molecule has 0 radical (unpaired) electrons. The zero-order valence-electron chi connectivity index (χ0n) is 12.8. The first-order valence-electron chi connectivity index (χ1n) is 7.23. The number of H-pyrrole nitrogens is 1. The molecular weight excluding hydrogens is 326 g/mol. The van der Waals surface area contributed by atoms with E-state index in [4.69, 9.17) is 5.73 Å². The fourth-order valence-electron chi connectivity index (χ4n) is 2.20. The number of nitrogen functional groups attached to an aromatic ring is 1. The number of nitrogens with zero attached hydrogens (tertiary/aromatic N) is 2. The summed E-state index contributed by atoms with van der Waals surface area (Å²) in [5.41, 5.74) is 6.65. The Morgan fingerprint density at radius 2 is 1.96 bits per heavy atom. The topological polar surface area (TPSA) is 114 Å². The van der Waals surface area contributed by atoms with Crippen LogP contribution in [0.1, 0.15) is 28.3 Å². The molecule has 0 aliphatic heterocycles. The molecule has 1 unspecified atom stereocenters. The Hall–Kier alpha value is -3.00. The van der Waals surface area contributed by atoms with Crippen molar-refractivity contribution in [1.82, 2.24) is 20.5 Å². The van der Waals surface area contributed by atoms with Gasteiger partial charge in [-0.15, -0.1) is 10.2 Å². The number of rotatable bonds is 4. The van der Waals surface area contributed by atoms with Crippen LogP contribution in [-0.2, 0) is 0 Å². The predicted octanol–water partition coefficient (Wildman–Crippen LogP) is 1.97. The summed E-state index contributed by atoms with van der Waals surface area (Å²) in [6, 6.07) is 12.2. The predicted molar refractivity (Wildman–Crippen MR) is 92.7 cm³/mol. The Kier molecular flexibility index (Phi) is 4.39. The van der Waals surface area contributed by atoms with Crippen LogP contribution in [0.15, 0.2) is 47.3 Å². The minimum absolute atomic E-state index is 0.0408. The molecule has 4 N–H and O–H groups in total. The van der Waals surface area contributed by atoms with Gasteiger partial charge in [0.15, 0.2) is 0 Å². The fraction of sp³-hybridized carbons (Fsp3) is 0.125. The average Bonchev–Trinajstić information content (AvgIpc) is 3.02. The number of pyridine rings is 1. The molecule has 0 aliphatic rings. The Bertz CT molecular complexity index is 919. The van der Waals surface area contributed by atoms with Gasteiger partial charge in [0.2, 0.25) is 5.13 Å². The van der Waals surface area contributed by atoms with Crippen molar-refractivity contribution in [2.45, 2.75) is 13.0 Å². The molecule has 1 aromatic carbocycles. The fourth-order valence-corrected chi connectivity index (χ4v) is 2.81. The molecule has 0 saturated heterocycles. The molecule has 0 fully saturated rings. The molecule has 0 spiro atoms. The lowest BCUT2D eigenvalue weighted by atomic mass is 10.1. The summed E-state index contributed by atoms with van der Waals surface area (Å²) in [5.74, 6) is -0.475. The van der Waals surface area contributed by atoms with Crippen molar-refractivity contribution in [3.05, 3.63) is 63.4 Å². The second-order valence-corrected chi connectivity index (χ2v) is 6.20. The van der Waals surface area contributed by atoms with E-state index >= 15 is 0 Å².